The van der Waals surface area contributed by atoms with Gasteiger partial charge in [0, 0.05) is 12.8 Å². The van der Waals surface area contributed by atoms with Crippen LogP contribution in [-0.2, 0) is 4.74 Å². The number of rotatable bonds is 3. The van der Waals surface area contributed by atoms with Crippen molar-refractivity contribution in [2.75, 3.05) is 12.3 Å². The summed E-state index contributed by atoms with van der Waals surface area (Å²) in [6.45, 7) is 2.87. The van der Waals surface area contributed by atoms with Crippen LogP contribution < -0.4 is 5.73 Å². The van der Waals surface area contributed by atoms with E-state index < -0.39 is 0 Å². The molecule has 0 aliphatic heterocycles. The molecule has 1 aromatic heterocycles. The number of halogens is 1. The SMILES string of the molecule is CCO[C@H]1CC[C@H](n2cc(N)c(Br)n2)CC1. The second-order valence-electron chi connectivity index (χ2n) is 4.24. The molecule has 90 valence electrons. The first kappa shape index (κ1) is 11.9. The molecular formula is C11H18BrN3O. The lowest BCUT2D eigenvalue weighted by atomic mass is 9.93. The Balaban J connectivity index is 1.93. The lowest BCUT2D eigenvalue weighted by Gasteiger charge is -2.28. The summed E-state index contributed by atoms with van der Waals surface area (Å²) in [4.78, 5) is 0. The van der Waals surface area contributed by atoms with Crippen molar-refractivity contribution < 1.29 is 4.74 Å². The van der Waals surface area contributed by atoms with Gasteiger partial charge in [-0.1, -0.05) is 0 Å². The highest BCUT2D eigenvalue weighted by Gasteiger charge is 2.23. The Morgan fingerprint density at radius 2 is 2.19 bits per heavy atom. The summed E-state index contributed by atoms with van der Waals surface area (Å²) in [5, 5.41) is 4.37. The van der Waals surface area contributed by atoms with E-state index in [0.29, 0.717) is 17.8 Å². The summed E-state index contributed by atoms with van der Waals surface area (Å²) >= 11 is 3.34. The zero-order chi connectivity index (χ0) is 11.5. The number of aromatic nitrogens is 2. The van der Waals surface area contributed by atoms with Crippen LogP contribution in [0.2, 0.25) is 0 Å². The number of hydrogen-bond donors (Lipinski definition) is 1. The van der Waals surface area contributed by atoms with Crippen LogP contribution in [0.15, 0.2) is 10.8 Å². The molecule has 5 heteroatoms. The maximum absolute atomic E-state index is 5.77. The molecule has 16 heavy (non-hydrogen) atoms. The van der Waals surface area contributed by atoms with Gasteiger partial charge in [0.25, 0.3) is 0 Å². The third-order valence-corrected chi connectivity index (χ3v) is 3.75. The van der Waals surface area contributed by atoms with E-state index in [1.54, 1.807) is 0 Å². The Morgan fingerprint density at radius 3 is 2.69 bits per heavy atom. The summed E-state index contributed by atoms with van der Waals surface area (Å²) in [6.07, 6.45) is 6.84. The van der Waals surface area contributed by atoms with Crippen LogP contribution in [0.1, 0.15) is 38.6 Å². The average molecular weight is 288 g/mol. The lowest BCUT2D eigenvalue weighted by molar-refractivity contribution is 0.0259. The van der Waals surface area contributed by atoms with Gasteiger partial charge in [-0.3, -0.25) is 4.68 Å². The Labute approximate surface area is 104 Å². The maximum Gasteiger partial charge on any atom is 0.151 e. The molecular weight excluding hydrogens is 270 g/mol. The fourth-order valence-corrected chi connectivity index (χ4v) is 2.57. The van der Waals surface area contributed by atoms with Gasteiger partial charge in [0.15, 0.2) is 4.60 Å². The summed E-state index contributed by atoms with van der Waals surface area (Å²) in [6, 6.07) is 0.477. The largest absolute Gasteiger partial charge is 0.395 e. The average Bonchev–Trinajstić information content (AvgIpc) is 2.61. The van der Waals surface area contributed by atoms with Gasteiger partial charge in [-0.15, -0.1) is 0 Å². The normalized spacial score (nSPS) is 25.9. The zero-order valence-corrected chi connectivity index (χ0v) is 11.1. The summed E-state index contributed by atoms with van der Waals surface area (Å²) < 4.78 is 8.37. The predicted molar refractivity (Wildman–Crippen MR) is 67.3 cm³/mol. The van der Waals surface area contributed by atoms with E-state index in [9.17, 15) is 0 Å². The molecule has 1 aliphatic rings. The van der Waals surface area contributed by atoms with E-state index >= 15 is 0 Å². The Bertz CT molecular complexity index is 325. The topological polar surface area (TPSA) is 53.1 Å². The van der Waals surface area contributed by atoms with E-state index in [1.807, 2.05) is 10.9 Å². The van der Waals surface area contributed by atoms with Crippen molar-refractivity contribution in [3.8, 4) is 0 Å². The molecule has 2 rings (SSSR count). The molecule has 1 aliphatic carbocycles. The van der Waals surface area contributed by atoms with Crippen molar-refractivity contribution >= 4 is 21.6 Å². The molecule has 0 spiro atoms. The fourth-order valence-electron chi connectivity index (χ4n) is 2.28. The molecule has 1 saturated carbocycles. The van der Waals surface area contributed by atoms with Gasteiger partial charge in [-0.25, -0.2) is 0 Å². The van der Waals surface area contributed by atoms with Crippen LogP contribution in [0.3, 0.4) is 0 Å². The number of anilines is 1. The van der Waals surface area contributed by atoms with E-state index in [4.69, 9.17) is 10.5 Å². The quantitative estimate of drug-likeness (QED) is 0.930. The standard InChI is InChI=1S/C11H18BrN3O/c1-2-16-9-5-3-8(4-6-9)15-7-10(13)11(12)14-15/h7-9H,2-6,13H2,1H3/t8-,9-. The predicted octanol–water partition coefficient (Wildman–Crippen LogP) is 2.75. The van der Waals surface area contributed by atoms with Gasteiger partial charge in [-0.05, 0) is 48.5 Å². The van der Waals surface area contributed by atoms with Gasteiger partial charge >= 0.3 is 0 Å². The third kappa shape index (κ3) is 2.58. The van der Waals surface area contributed by atoms with Gasteiger partial charge < -0.3 is 10.5 Å². The summed E-state index contributed by atoms with van der Waals surface area (Å²) in [5.41, 5.74) is 6.48. The lowest BCUT2D eigenvalue weighted by Crippen LogP contribution is -2.23. The summed E-state index contributed by atoms with van der Waals surface area (Å²) in [7, 11) is 0. The first-order valence-electron chi connectivity index (χ1n) is 5.82. The van der Waals surface area contributed by atoms with Crippen molar-refractivity contribution in [2.24, 2.45) is 0 Å². The minimum atomic E-state index is 0.442. The van der Waals surface area contributed by atoms with Crippen LogP contribution in [0.5, 0.6) is 0 Å². The van der Waals surface area contributed by atoms with Crippen molar-refractivity contribution in [3.05, 3.63) is 10.8 Å². The Morgan fingerprint density at radius 1 is 1.50 bits per heavy atom. The van der Waals surface area contributed by atoms with Crippen LogP contribution >= 0.6 is 15.9 Å². The highest BCUT2D eigenvalue weighted by atomic mass is 79.9. The molecule has 0 bridgehead atoms. The first-order chi connectivity index (χ1) is 7.70. The van der Waals surface area contributed by atoms with E-state index in [-0.39, 0.29) is 0 Å². The van der Waals surface area contributed by atoms with Crippen molar-refractivity contribution in [3.63, 3.8) is 0 Å². The smallest absolute Gasteiger partial charge is 0.151 e. The van der Waals surface area contributed by atoms with Crippen LogP contribution in [0.4, 0.5) is 5.69 Å². The molecule has 0 unspecified atom stereocenters. The number of nitrogen functional groups attached to an aromatic ring is 1. The first-order valence-corrected chi connectivity index (χ1v) is 6.61. The summed E-state index contributed by atoms with van der Waals surface area (Å²) in [5.74, 6) is 0. The molecule has 0 atom stereocenters. The van der Waals surface area contributed by atoms with Crippen molar-refractivity contribution in [1.29, 1.82) is 0 Å². The minimum Gasteiger partial charge on any atom is -0.395 e. The van der Waals surface area contributed by atoms with Gasteiger partial charge in [0.2, 0.25) is 0 Å². The third-order valence-electron chi connectivity index (χ3n) is 3.13. The number of nitrogens with two attached hydrogens (primary N) is 1. The number of ether oxygens (including phenoxy) is 1. The van der Waals surface area contributed by atoms with Crippen molar-refractivity contribution in [2.45, 2.75) is 44.8 Å². The molecule has 1 aromatic rings. The van der Waals surface area contributed by atoms with E-state index in [2.05, 4.69) is 28.0 Å². The van der Waals surface area contributed by atoms with Crippen molar-refractivity contribution in [1.82, 2.24) is 9.78 Å². The van der Waals surface area contributed by atoms with E-state index in [0.717, 1.165) is 36.9 Å². The molecule has 1 fully saturated rings. The van der Waals surface area contributed by atoms with Crippen LogP contribution in [-0.4, -0.2) is 22.5 Å². The minimum absolute atomic E-state index is 0.442. The Kier molecular flexibility index (Phi) is 3.86. The fraction of sp³-hybridized carbons (Fsp3) is 0.727. The van der Waals surface area contributed by atoms with Gasteiger partial charge in [-0.2, -0.15) is 5.10 Å². The molecule has 4 nitrogen and oxygen atoms in total. The molecule has 2 N–H and O–H groups in total. The molecule has 1 heterocycles. The zero-order valence-electron chi connectivity index (χ0n) is 9.53. The monoisotopic (exact) mass is 287 g/mol. The number of hydrogen-bond acceptors (Lipinski definition) is 3. The molecule has 0 radical (unpaired) electrons. The maximum atomic E-state index is 5.77. The Hall–Kier alpha value is -0.550. The highest BCUT2D eigenvalue weighted by molar-refractivity contribution is 9.10. The molecule has 0 aromatic carbocycles. The van der Waals surface area contributed by atoms with Gasteiger partial charge in [0.05, 0.1) is 17.8 Å². The number of nitrogens with zero attached hydrogens (tertiary/aromatic N) is 2. The second-order valence-corrected chi connectivity index (χ2v) is 4.99. The molecule has 0 amide bonds. The van der Waals surface area contributed by atoms with Crippen LogP contribution in [0.25, 0.3) is 0 Å². The van der Waals surface area contributed by atoms with Gasteiger partial charge in [0.1, 0.15) is 0 Å². The van der Waals surface area contributed by atoms with E-state index in [1.165, 1.54) is 0 Å². The van der Waals surface area contributed by atoms with Crippen LogP contribution in [0, 0.1) is 0 Å². The second kappa shape index (κ2) is 5.19. The highest BCUT2D eigenvalue weighted by Crippen LogP contribution is 2.31. The molecule has 0 saturated heterocycles.